The molecule has 0 aliphatic rings. The van der Waals surface area contributed by atoms with Gasteiger partial charge in [0, 0.05) is 23.9 Å². The Hall–Kier alpha value is -1.88. The molecule has 2 aromatic rings. The van der Waals surface area contributed by atoms with Gasteiger partial charge in [0.1, 0.15) is 12.4 Å². The molecule has 0 spiro atoms. The van der Waals surface area contributed by atoms with Gasteiger partial charge in [0.2, 0.25) is 5.88 Å². The number of aromatic nitrogens is 2. The number of rotatable bonds is 7. The van der Waals surface area contributed by atoms with Gasteiger partial charge in [-0.2, -0.15) is 0 Å². The quantitative estimate of drug-likeness (QED) is 0.765. The predicted octanol–water partition coefficient (Wildman–Crippen LogP) is 2.94. The number of aryl methyl sites for hydroxylation is 1. The first-order valence-corrected chi connectivity index (χ1v) is 6.82. The van der Waals surface area contributed by atoms with E-state index in [1.54, 1.807) is 12.1 Å². The lowest BCUT2D eigenvalue weighted by molar-refractivity contribution is 0.287. The molecule has 0 saturated carbocycles. The number of aromatic amines is 1. The third kappa shape index (κ3) is 4.06. The first-order valence-electron chi connectivity index (χ1n) is 6.82. The monoisotopic (exact) mass is 277 g/mol. The van der Waals surface area contributed by atoms with E-state index in [0.29, 0.717) is 11.4 Å². The highest BCUT2D eigenvalue weighted by Gasteiger charge is 2.06. The van der Waals surface area contributed by atoms with E-state index in [9.17, 15) is 4.39 Å². The van der Waals surface area contributed by atoms with Gasteiger partial charge >= 0.3 is 0 Å². The zero-order valence-corrected chi connectivity index (χ0v) is 11.9. The Kier molecular flexibility index (Phi) is 5.12. The van der Waals surface area contributed by atoms with Crippen molar-refractivity contribution in [1.29, 1.82) is 0 Å². The van der Waals surface area contributed by atoms with Gasteiger partial charge in [0.15, 0.2) is 0 Å². The Bertz CT molecular complexity index is 554. The van der Waals surface area contributed by atoms with Gasteiger partial charge in [-0.05, 0) is 37.6 Å². The summed E-state index contributed by atoms with van der Waals surface area (Å²) in [7, 11) is 0. The molecule has 20 heavy (non-hydrogen) atoms. The van der Waals surface area contributed by atoms with Crippen molar-refractivity contribution in [3.8, 4) is 5.88 Å². The molecule has 0 aliphatic carbocycles. The van der Waals surface area contributed by atoms with E-state index in [0.717, 1.165) is 30.8 Å². The number of hydrogen-bond acceptors (Lipinski definition) is 3. The minimum Gasteiger partial charge on any atom is -0.472 e. The van der Waals surface area contributed by atoms with Crippen LogP contribution in [0.5, 0.6) is 5.88 Å². The average Bonchev–Trinajstić information content (AvgIpc) is 2.85. The summed E-state index contributed by atoms with van der Waals surface area (Å²) in [6.07, 6.45) is 1.08. The van der Waals surface area contributed by atoms with Crippen molar-refractivity contribution in [3.63, 3.8) is 0 Å². The molecule has 0 bridgehead atoms. The number of nitrogens with zero attached hydrogens (tertiary/aromatic N) is 1. The summed E-state index contributed by atoms with van der Waals surface area (Å²) in [6.45, 7) is 5.87. The number of H-pyrrole nitrogens is 1. The van der Waals surface area contributed by atoms with E-state index in [1.807, 2.05) is 13.0 Å². The zero-order chi connectivity index (χ0) is 14.4. The molecule has 0 radical (unpaired) electrons. The molecular weight excluding hydrogens is 257 g/mol. The van der Waals surface area contributed by atoms with Crippen LogP contribution >= 0.6 is 0 Å². The largest absolute Gasteiger partial charge is 0.472 e. The SMILES string of the molecule is CCCNCc1ccc(F)c(COc2cc(C)[nH]n2)c1. The van der Waals surface area contributed by atoms with Crippen molar-refractivity contribution >= 4 is 0 Å². The summed E-state index contributed by atoms with van der Waals surface area (Å²) in [5.41, 5.74) is 2.51. The molecular formula is C15H20FN3O. The molecule has 2 rings (SSSR count). The van der Waals surface area contributed by atoms with Crippen molar-refractivity contribution in [2.45, 2.75) is 33.4 Å². The van der Waals surface area contributed by atoms with Crippen LogP contribution in [0.15, 0.2) is 24.3 Å². The van der Waals surface area contributed by atoms with Gasteiger partial charge in [-0.15, -0.1) is 5.10 Å². The standard InChI is InChI=1S/C15H20FN3O/c1-3-6-17-9-12-4-5-14(16)13(8-12)10-20-15-7-11(2)18-19-15/h4-5,7-8,17H,3,6,9-10H2,1-2H3,(H,18,19). The van der Waals surface area contributed by atoms with Crippen LogP contribution < -0.4 is 10.1 Å². The second kappa shape index (κ2) is 7.05. The fraction of sp³-hybridized carbons (Fsp3) is 0.400. The summed E-state index contributed by atoms with van der Waals surface area (Å²) in [5.74, 6) is 0.230. The molecule has 0 amide bonds. The lowest BCUT2D eigenvalue weighted by Crippen LogP contribution is -2.14. The van der Waals surface area contributed by atoms with E-state index < -0.39 is 0 Å². The highest BCUT2D eigenvalue weighted by molar-refractivity contribution is 5.25. The van der Waals surface area contributed by atoms with Gasteiger partial charge in [-0.3, -0.25) is 5.10 Å². The fourth-order valence-corrected chi connectivity index (χ4v) is 1.88. The van der Waals surface area contributed by atoms with Crippen molar-refractivity contribution in [2.24, 2.45) is 0 Å². The molecule has 1 heterocycles. The highest BCUT2D eigenvalue weighted by atomic mass is 19.1. The maximum Gasteiger partial charge on any atom is 0.233 e. The van der Waals surface area contributed by atoms with Gasteiger partial charge < -0.3 is 10.1 Å². The van der Waals surface area contributed by atoms with E-state index in [2.05, 4.69) is 22.4 Å². The van der Waals surface area contributed by atoms with Crippen LogP contribution in [0.25, 0.3) is 0 Å². The van der Waals surface area contributed by atoms with Gasteiger partial charge in [-0.25, -0.2) is 4.39 Å². The minimum absolute atomic E-state index is 0.178. The number of benzene rings is 1. The Labute approximate surface area is 118 Å². The molecule has 5 heteroatoms. The molecule has 0 unspecified atom stereocenters. The summed E-state index contributed by atoms with van der Waals surface area (Å²) in [4.78, 5) is 0. The van der Waals surface area contributed by atoms with Gasteiger partial charge in [-0.1, -0.05) is 13.0 Å². The number of nitrogens with one attached hydrogen (secondary N) is 2. The first-order chi connectivity index (χ1) is 9.69. The molecule has 0 saturated heterocycles. The van der Waals surface area contributed by atoms with Crippen molar-refractivity contribution in [3.05, 3.63) is 46.9 Å². The average molecular weight is 277 g/mol. The van der Waals surface area contributed by atoms with E-state index >= 15 is 0 Å². The molecule has 1 aromatic carbocycles. The Balaban J connectivity index is 1.97. The fourth-order valence-electron chi connectivity index (χ4n) is 1.88. The topological polar surface area (TPSA) is 49.9 Å². The summed E-state index contributed by atoms with van der Waals surface area (Å²) >= 11 is 0. The maximum atomic E-state index is 13.7. The zero-order valence-electron chi connectivity index (χ0n) is 11.9. The third-order valence-corrected chi connectivity index (χ3v) is 2.92. The van der Waals surface area contributed by atoms with Crippen LogP contribution in [0.2, 0.25) is 0 Å². The Morgan fingerprint density at radius 3 is 2.90 bits per heavy atom. The Morgan fingerprint density at radius 2 is 2.20 bits per heavy atom. The molecule has 0 atom stereocenters. The number of ether oxygens (including phenoxy) is 1. The third-order valence-electron chi connectivity index (χ3n) is 2.92. The van der Waals surface area contributed by atoms with E-state index in [-0.39, 0.29) is 12.4 Å². The second-order valence-electron chi connectivity index (χ2n) is 4.78. The lowest BCUT2D eigenvalue weighted by Gasteiger charge is -2.08. The van der Waals surface area contributed by atoms with Gasteiger partial charge in [0.05, 0.1) is 0 Å². The van der Waals surface area contributed by atoms with Crippen LogP contribution in [0, 0.1) is 12.7 Å². The predicted molar refractivity (Wildman–Crippen MR) is 76.1 cm³/mol. The summed E-state index contributed by atoms with van der Waals surface area (Å²) in [5, 5.41) is 10.0. The van der Waals surface area contributed by atoms with Crippen LogP contribution in [-0.4, -0.2) is 16.7 Å². The van der Waals surface area contributed by atoms with Gasteiger partial charge in [0.25, 0.3) is 0 Å². The first kappa shape index (κ1) is 14.5. The highest BCUT2D eigenvalue weighted by Crippen LogP contribution is 2.14. The van der Waals surface area contributed by atoms with Crippen molar-refractivity contribution in [2.75, 3.05) is 6.54 Å². The lowest BCUT2D eigenvalue weighted by atomic mass is 10.1. The smallest absolute Gasteiger partial charge is 0.233 e. The normalized spacial score (nSPS) is 10.8. The van der Waals surface area contributed by atoms with Crippen LogP contribution in [0.3, 0.4) is 0 Å². The molecule has 0 fully saturated rings. The second-order valence-corrected chi connectivity index (χ2v) is 4.78. The number of hydrogen-bond donors (Lipinski definition) is 2. The molecule has 4 nitrogen and oxygen atoms in total. The van der Waals surface area contributed by atoms with Crippen LogP contribution in [0.4, 0.5) is 4.39 Å². The molecule has 2 N–H and O–H groups in total. The Morgan fingerprint density at radius 1 is 1.35 bits per heavy atom. The molecule has 1 aromatic heterocycles. The maximum absolute atomic E-state index is 13.7. The van der Waals surface area contributed by atoms with Crippen molar-refractivity contribution < 1.29 is 9.13 Å². The molecule has 0 aliphatic heterocycles. The van der Waals surface area contributed by atoms with Crippen LogP contribution in [0.1, 0.15) is 30.2 Å². The van der Waals surface area contributed by atoms with E-state index in [4.69, 9.17) is 4.74 Å². The summed E-state index contributed by atoms with van der Waals surface area (Å²) < 4.78 is 19.2. The minimum atomic E-state index is -0.253. The van der Waals surface area contributed by atoms with Crippen LogP contribution in [-0.2, 0) is 13.2 Å². The summed E-state index contributed by atoms with van der Waals surface area (Å²) in [6, 6.07) is 6.89. The number of halogens is 1. The van der Waals surface area contributed by atoms with Crippen molar-refractivity contribution in [1.82, 2.24) is 15.5 Å². The molecule has 108 valence electrons. The van der Waals surface area contributed by atoms with E-state index in [1.165, 1.54) is 6.07 Å².